The third-order valence-electron chi connectivity index (χ3n) is 2.71. The van der Waals surface area contributed by atoms with Crippen LogP contribution in [0, 0.1) is 0 Å². The van der Waals surface area contributed by atoms with Crippen molar-refractivity contribution in [1.29, 1.82) is 0 Å². The standard InChI is InChI=1S/C14H20N2O3/c1-3-8-16(2)10-13(17)15-9-11-4-6-12(7-5-11)14(18)19/h4-7H,3,8-10H2,1-2H3,(H,15,17)(H,18,19). The fraction of sp³-hybridized carbons (Fsp3) is 0.429. The van der Waals surface area contributed by atoms with Crippen molar-refractivity contribution < 1.29 is 14.7 Å². The van der Waals surface area contributed by atoms with Crippen LogP contribution in [0.3, 0.4) is 0 Å². The van der Waals surface area contributed by atoms with Gasteiger partial charge in [-0.05, 0) is 37.7 Å². The van der Waals surface area contributed by atoms with E-state index in [1.54, 1.807) is 12.1 Å². The average Bonchev–Trinajstić information content (AvgIpc) is 2.37. The van der Waals surface area contributed by atoms with E-state index < -0.39 is 5.97 Å². The number of benzene rings is 1. The summed E-state index contributed by atoms with van der Waals surface area (Å²) >= 11 is 0. The molecule has 0 radical (unpaired) electrons. The third-order valence-corrected chi connectivity index (χ3v) is 2.71. The highest BCUT2D eigenvalue weighted by molar-refractivity contribution is 5.87. The van der Waals surface area contributed by atoms with Crippen LogP contribution in [-0.4, -0.2) is 42.0 Å². The van der Waals surface area contributed by atoms with Crippen molar-refractivity contribution >= 4 is 11.9 Å². The molecule has 0 heterocycles. The van der Waals surface area contributed by atoms with Crippen LogP contribution >= 0.6 is 0 Å². The van der Waals surface area contributed by atoms with Crippen LogP contribution in [0.1, 0.15) is 29.3 Å². The Morgan fingerprint density at radius 1 is 1.26 bits per heavy atom. The van der Waals surface area contributed by atoms with Crippen molar-refractivity contribution in [2.45, 2.75) is 19.9 Å². The van der Waals surface area contributed by atoms with Gasteiger partial charge in [0, 0.05) is 6.54 Å². The lowest BCUT2D eigenvalue weighted by atomic mass is 10.1. The average molecular weight is 264 g/mol. The Hall–Kier alpha value is -1.88. The maximum Gasteiger partial charge on any atom is 0.335 e. The van der Waals surface area contributed by atoms with Crippen molar-refractivity contribution in [2.24, 2.45) is 0 Å². The number of carboxylic acid groups (broad SMARTS) is 1. The molecule has 0 saturated carbocycles. The van der Waals surface area contributed by atoms with Crippen LogP contribution < -0.4 is 5.32 Å². The summed E-state index contributed by atoms with van der Waals surface area (Å²) in [5, 5.41) is 11.6. The number of nitrogens with one attached hydrogen (secondary N) is 1. The molecule has 0 aliphatic heterocycles. The lowest BCUT2D eigenvalue weighted by molar-refractivity contribution is -0.122. The van der Waals surface area contributed by atoms with E-state index in [1.807, 2.05) is 11.9 Å². The highest BCUT2D eigenvalue weighted by Crippen LogP contribution is 2.04. The van der Waals surface area contributed by atoms with Gasteiger partial charge in [0.05, 0.1) is 12.1 Å². The van der Waals surface area contributed by atoms with Gasteiger partial charge in [-0.25, -0.2) is 4.79 Å². The summed E-state index contributed by atoms with van der Waals surface area (Å²) in [4.78, 5) is 24.3. The summed E-state index contributed by atoms with van der Waals surface area (Å²) in [5.74, 6) is -0.977. The summed E-state index contributed by atoms with van der Waals surface area (Å²) in [7, 11) is 1.91. The zero-order chi connectivity index (χ0) is 14.3. The van der Waals surface area contributed by atoms with E-state index >= 15 is 0 Å². The minimum Gasteiger partial charge on any atom is -0.478 e. The summed E-state index contributed by atoms with van der Waals surface area (Å²) < 4.78 is 0. The van der Waals surface area contributed by atoms with Crippen LogP contribution in [0.2, 0.25) is 0 Å². The molecule has 5 heteroatoms. The van der Waals surface area contributed by atoms with Gasteiger partial charge < -0.3 is 10.4 Å². The molecule has 104 valence electrons. The molecule has 1 amide bonds. The Bertz CT molecular complexity index is 429. The lowest BCUT2D eigenvalue weighted by Crippen LogP contribution is -2.35. The Morgan fingerprint density at radius 2 is 1.89 bits per heavy atom. The van der Waals surface area contributed by atoms with Crippen molar-refractivity contribution in [2.75, 3.05) is 20.1 Å². The summed E-state index contributed by atoms with van der Waals surface area (Å²) in [6, 6.07) is 6.49. The number of amides is 1. The zero-order valence-corrected chi connectivity index (χ0v) is 11.3. The number of carboxylic acids is 1. The van der Waals surface area contributed by atoms with Crippen molar-refractivity contribution in [3.8, 4) is 0 Å². The second-order valence-corrected chi connectivity index (χ2v) is 4.52. The predicted octanol–water partition coefficient (Wildman–Crippen LogP) is 1.34. The van der Waals surface area contributed by atoms with Crippen LogP contribution in [0.4, 0.5) is 0 Å². The van der Waals surface area contributed by atoms with Gasteiger partial charge in [-0.1, -0.05) is 19.1 Å². The number of aromatic carboxylic acids is 1. The monoisotopic (exact) mass is 264 g/mol. The third kappa shape index (κ3) is 5.52. The Kier molecular flexibility index (Phi) is 6.02. The van der Waals surface area contributed by atoms with E-state index in [1.165, 1.54) is 12.1 Å². The highest BCUT2D eigenvalue weighted by Gasteiger charge is 2.06. The van der Waals surface area contributed by atoms with Crippen molar-refractivity contribution in [3.05, 3.63) is 35.4 Å². The minimum atomic E-state index is -0.947. The van der Waals surface area contributed by atoms with E-state index in [9.17, 15) is 9.59 Å². The first-order chi connectivity index (χ1) is 9.02. The highest BCUT2D eigenvalue weighted by atomic mass is 16.4. The molecule has 0 aliphatic rings. The Labute approximate surface area is 113 Å². The normalized spacial score (nSPS) is 10.5. The number of carbonyl (C=O) groups is 2. The molecule has 0 aromatic heterocycles. The molecule has 2 N–H and O–H groups in total. The number of likely N-dealkylation sites (N-methyl/N-ethyl adjacent to an activating group) is 1. The molecule has 0 fully saturated rings. The maximum atomic E-state index is 11.6. The van der Waals surface area contributed by atoms with Gasteiger partial charge in [0.15, 0.2) is 0 Å². The smallest absolute Gasteiger partial charge is 0.335 e. The summed E-state index contributed by atoms with van der Waals surface area (Å²) in [6.07, 6.45) is 1.01. The molecule has 0 saturated heterocycles. The Morgan fingerprint density at radius 3 is 2.42 bits per heavy atom. The number of hydrogen-bond donors (Lipinski definition) is 2. The van der Waals surface area contributed by atoms with Gasteiger partial charge in [-0.15, -0.1) is 0 Å². The SMILES string of the molecule is CCCN(C)CC(=O)NCc1ccc(C(=O)O)cc1. The Balaban J connectivity index is 2.39. The van der Waals surface area contributed by atoms with Gasteiger partial charge in [-0.3, -0.25) is 9.69 Å². The number of rotatable bonds is 7. The fourth-order valence-electron chi connectivity index (χ4n) is 1.73. The van der Waals surface area contributed by atoms with Gasteiger partial charge in [0.25, 0.3) is 0 Å². The molecule has 0 atom stereocenters. The van der Waals surface area contributed by atoms with Crippen LogP contribution in [0.15, 0.2) is 24.3 Å². The largest absolute Gasteiger partial charge is 0.478 e. The molecule has 0 aliphatic carbocycles. The zero-order valence-electron chi connectivity index (χ0n) is 11.3. The summed E-state index contributed by atoms with van der Waals surface area (Å²) in [6.45, 7) is 3.75. The molecule has 0 spiro atoms. The van der Waals surface area contributed by atoms with Crippen molar-refractivity contribution in [3.63, 3.8) is 0 Å². The predicted molar refractivity (Wildman–Crippen MR) is 73.0 cm³/mol. The van der Waals surface area contributed by atoms with Gasteiger partial charge in [0.1, 0.15) is 0 Å². The molecule has 5 nitrogen and oxygen atoms in total. The summed E-state index contributed by atoms with van der Waals surface area (Å²) in [5.41, 5.74) is 1.13. The van der Waals surface area contributed by atoms with Crippen LogP contribution in [0.5, 0.6) is 0 Å². The van der Waals surface area contributed by atoms with Gasteiger partial charge in [-0.2, -0.15) is 0 Å². The van der Waals surface area contributed by atoms with E-state index in [-0.39, 0.29) is 11.5 Å². The van der Waals surface area contributed by atoms with Crippen LogP contribution in [-0.2, 0) is 11.3 Å². The second kappa shape index (κ2) is 7.53. The topological polar surface area (TPSA) is 69.6 Å². The first kappa shape index (κ1) is 15.2. The van der Waals surface area contributed by atoms with E-state index in [2.05, 4.69) is 12.2 Å². The van der Waals surface area contributed by atoms with Gasteiger partial charge >= 0.3 is 5.97 Å². The molecular formula is C14H20N2O3. The number of carbonyl (C=O) groups excluding carboxylic acids is 1. The first-order valence-electron chi connectivity index (χ1n) is 6.30. The molecule has 1 rings (SSSR count). The van der Waals surface area contributed by atoms with E-state index in [4.69, 9.17) is 5.11 Å². The van der Waals surface area contributed by atoms with E-state index in [0.29, 0.717) is 13.1 Å². The molecule has 1 aromatic carbocycles. The number of nitrogens with zero attached hydrogens (tertiary/aromatic N) is 1. The lowest BCUT2D eigenvalue weighted by Gasteiger charge is -2.14. The second-order valence-electron chi connectivity index (χ2n) is 4.52. The molecule has 0 unspecified atom stereocenters. The molecule has 0 bridgehead atoms. The van der Waals surface area contributed by atoms with Gasteiger partial charge in [0.2, 0.25) is 5.91 Å². The van der Waals surface area contributed by atoms with Crippen LogP contribution in [0.25, 0.3) is 0 Å². The van der Waals surface area contributed by atoms with Crippen molar-refractivity contribution in [1.82, 2.24) is 10.2 Å². The number of hydrogen-bond acceptors (Lipinski definition) is 3. The quantitative estimate of drug-likeness (QED) is 0.780. The molecule has 1 aromatic rings. The molecule has 19 heavy (non-hydrogen) atoms. The molecular weight excluding hydrogens is 244 g/mol. The fourth-order valence-corrected chi connectivity index (χ4v) is 1.73. The first-order valence-corrected chi connectivity index (χ1v) is 6.30. The maximum absolute atomic E-state index is 11.6. The minimum absolute atomic E-state index is 0.0294. The van der Waals surface area contributed by atoms with E-state index in [0.717, 1.165) is 18.5 Å².